The van der Waals surface area contributed by atoms with Gasteiger partial charge in [-0.05, 0) is 44.2 Å². The summed E-state index contributed by atoms with van der Waals surface area (Å²) >= 11 is 12.0. The van der Waals surface area contributed by atoms with Gasteiger partial charge >= 0.3 is 38.7 Å². The molecule has 0 bridgehead atoms. The average molecular weight is 482 g/mol. The van der Waals surface area contributed by atoms with Crippen LogP contribution in [0.2, 0.25) is 10.0 Å². The zero-order chi connectivity index (χ0) is 22.5. The fourth-order valence-corrected chi connectivity index (χ4v) is 2.45. The second-order valence-corrected chi connectivity index (χ2v) is 8.32. The summed E-state index contributed by atoms with van der Waals surface area (Å²) in [6.45, 7) is 5.71. The second kappa shape index (κ2) is 8.42. The molecule has 0 N–H and O–H groups in total. The molecule has 0 saturated heterocycles. The van der Waals surface area contributed by atoms with Crippen molar-refractivity contribution in [1.29, 1.82) is 5.39 Å². The third kappa shape index (κ3) is 10.4. The van der Waals surface area contributed by atoms with Gasteiger partial charge in [0.05, 0.1) is 11.8 Å². The zero-order valence-electron chi connectivity index (χ0n) is 15.1. The summed E-state index contributed by atoms with van der Waals surface area (Å²) in [7, 11) is -10.7. The third-order valence-electron chi connectivity index (χ3n) is 3.28. The monoisotopic (exact) mass is 481 g/mol. The maximum atomic E-state index is 9.87. The molecule has 0 aliphatic rings. The number of ether oxygens (including phenoxy) is 1. The molecule has 0 spiro atoms. The molecule has 162 valence electrons. The van der Waals surface area contributed by atoms with E-state index >= 15 is 0 Å². The van der Waals surface area contributed by atoms with Gasteiger partial charge in [-0.3, -0.25) is 0 Å². The van der Waals surface area contributed by atoms with Crippen molar-refractivity contribution in [3.8, 4) is 11.5 Å². The standard InChI is InChI=1S/C16H16Cl2N3O.F6P/c1-3-21(4-2)15-9-13(18)14(20-19)10-16(15)22-12-7-5-11(17)6-8-12;1-7(2,3,4,5)6/h5-10H,3-4H2,1-2H3;/q+1;-1. The van der Waals surface area contributed by atoms with Gasteiger partial charge in [-0.1, -0.05) is 23.2 Å². The summed E-state index contributed by atoms with van der Waals surface area (Å²) in [6.07, 6.45) is 0. The third-order valence-corrected chi connectivity index (χ3v) is 3.84. The summed E-state index contributed by atoms with van der Waals surface area (Å²) < 4.78 is 65.1. The Labute approximate surface area is 172 Å². The first-order chi connectivity index (χ1) is 13.0. The van der Waals surface area contributed by atoms with Crippen LogP contribution >= 0.6 is 31.0 Å². The van der Waals surface area contributed by atoms with Gasteiger partial charge < -0.3 is 9.64 Å². The number of halogens is 8. The Hall–Kier alpha value is -1.95. The molecule has 29 heavy (non-hydrogen) atoms. The number of nitrogens with zero attached hydrogens (tertiary/aromatic N) is 3. The summed E-state index contributed by atoms with van der Waals surface area (Å²) in [4.78, 5) is 5.30. The Bertz CT molecular complexity index is 887. The molecule has 2 aromatic rings. The van der Waals surface area contributed by atoms with Crippen LogP contribution in [0.25, 0.3) is 4.98 Å². The van der Waals surface area contributed by atoms with Crippen LogP contribution in [0.1, 0.15) is 13.8 Å². The summed E-state index contributed by atoms with van der Waals surface area (Å²) in [5.74, 6) is 1.22. The fraction of sp³-hybridized carbons (Fsp3) is 0.250. The summed E-state index contributed by atoms with van der Waals surface area (Å²) in [6, 6.07) is 10.4. The van der Waals surface area contributed by atoms with Crippen LogP contribution in [0.5, 0.6) is 11.5 Å². The number of benzene rings is 2. The molecule has 0 fully saturated rings. The number of diazo groups is 1. The zero-order valence-corrected chi connectivity index (χ0v) is 17.5. The van der Waals surface area contributed by atoms with Crippen LogP contribution in [-0.4, -0.2) is 13.1 Å². The first kappa shape index (κ1) is 25.1. The van der Waals surface area contributed by atoms with Crippen molar-refractivity contribution in [3.63, 3.8) is 0 Å². The van der Waals surface area contributed by atoms with Gasteiger partial charge in [0, 0.05) is 18.1 Å². The predicted octanol–water partition coefficient (Wildman–Crippen LogP) is 9.50. The normalized spacial score (nSPS) is 13.3. The van der Waals surface area contributed by atoms with Gasteiger partial charge in [0.2, 0.25) is 5.39 Å². The van der Waals surface area contributed by atoms with Gasteiger partial charge in [0.15, 0.2) is 10.7 Å². The van der Waals surface area contributed by atoms with Crippen LogP contribution < -0.4 is 9.64 Å². The quantitative estimate of drug-likeness (QED) is 0.242. The summed E-state index contributed by atoms with van der Waals surface area (Å²) in [5, 5.41) is 10.0. The Kier molecular flexibility index (Phi) is 7.29. The van der Waals surface area contributed by atoms with Gasteiger partial charge in [-0.25, -0.2) is 0 Å². The van der Waals surface area contributed by atoms with Crippen molar-refractivity contribution in [2.75, 3.05) is 18.0 Å². The van der Waals surface area contributed by atoms with Crippen LogP contribution in [0.3, 0.4) is 0 Å². The molecule has 0 aromatic heterocycles. The molecular weight excluding hydrogens is 466 g/mol. The van der Waals surface area contributed by atoms with E-state index in [1.807, 2.05) is 13.8 Å². The van der Waals surface area contributed by atoms with Gasteiger partial charge in [0.25, 0.3) is 0 Å². The van der Waals surface area contributed by atoms with E-state index in [2.05, 4.69) is 9.88 Å². The van der Waals surface area contributed by atoms with E-state index in [9.17, 15) is 25.2 Å². The number of hydrogen-bond acceptors (Lipinski definition) is 3. The van der Waals surface area contributed by atoms with Gasteiger partial charge in [-0.2, -0.15) is 0 Å². The molecule has 0 amide bonds. The average Bonchev–Trinajstić information content (AvgIpc) is 2.57. The topological polar surface area (TPSA) is 40.6 Å². The molecule has 0 unspecified atom stereocenters. The van der Waals surface area contributed by atoms with E-state index in [-0.39, 0.29) is 5.69 Å². The molecule has 13 heteroatoms. The number of rotatable bonds is 5. The molecular formula is C16H16Cl2F6N3OP. The molecule has 2 rings (SSSR count). The Morgan fingerprint density at radius 1 is 0.966 bits per heavy atom. The van der Waals surface area contributed by atoms with Crippen LogP contribution in [0.4, 0.5) is 36.6 Å². The van der Waals surface area contributed by atoms with Gasteiger partial charge in [-0.15, -0.1) is 0 Å². The fourth-order valence-electron chi connectivity index (χ4n) is 2.13. The number of hydrogen-bond donors (Lipinski definition) is 0. The molecule has 0 aliphatic heterocycles. The van der Waals surface area contributed by atoms with Crippen LogP contribution in [0.15, 0.2) is 36.4 Å². The van der Waals surface area contributed by atoms with E-state index in [4.69, 9.17) is 33.3 Å². The molecule has 0 atom stereocenters. The Morgan fingerprint density at radius 2 is 1.45 bits per heavy atom. The van der Waals surface area contributed by atoms with Crippen molar-refractivity contribution >= 4 is 42.4 Å². The molecule has 0 aliphatic carbocycles. The van der Waals surface area contributed by atoms with Crippen LogP contribution in [-0.2, 0) is 0 Å². The molecule has 0 saturated carbocycles. The first-order valence-electron chi connectivity index (χ1n) is 7.97. The van der Waals surface area contributed by atoms with E-state index in [1.54, 1.807) is 36.4 Å². The minimum absolute atomic E-state index is 0.265. The summed E-state index contributed by atoms with van der Waals surface area (Å²) in [5.41, 5.74) is 1.11. The predicted molar refractivity (Wildman–Crippen MR) is 105 cm³/mol. The van der Waals surface area contributed by atoms with Crippen LogP contribution in [0, 0.1) is 5.39 Å². The van der Waals surface area contributed by atoms with Crippen molar-refractivity contribution in [2.24, 2.45) is 0 Å². The van der Waals surface area contributed by atoms with E-state index in [0.717, 1.165) is 18.8 Å². The van der Waals surface area contributed by atoms with E-state index in [1.165, 1.54) is 0 Å². The van der Waals surface area contributed by atoms with Gasteiger partial charge in [0.1, 0.15) is 10.8 Å². The van der Waals surface area contributed by atoms with Crippen molar-refractivity contribution in [1.82, 2.24) is 0 Å². The Balaban J connectivity index is 0.000000516. The molecule has 0 radical (unpaired) electrons. The SMILES string of the molecule is CCN(CC)c1cc(Cl)c([N+]#N)cc1Oc1ccc(Cl)cc1.F[P-](F)(F)(F)(F)F. The molecule has 2 aromatic carbocycles. The van der Waals surface area contributed by atoms with Crippen molar-refractivity contribution in [3.05, 3.63) is 51.4 Å². The maximum absolute atomic E-state index is 10.7. The van der Waals surface area contributed by atoms with E-state index < -0.39 is 7.81 Å². The first-order valence-corrected chi connectivity index (χ1v) is 10.8. The molecule has 0 heterocycles. The molecule has 4 nitrogen and oxygen atoms in total. The minimum atomic E-state index is -10.7. The van der Waals surface area contributed by atoms with Crippen molar-refractivity contribution in [2.45, 2.75) is 13.8 Å². The van der Waals surface area contributed by atoms with Crippen molar-refractivity contribution < 1.29 is 29.9 Å². The Morgan fingerprint density at radius 3 is 1.86 bits per heavy atom. The number of anilines is 1. The second-order valence-electron chi connectivity index (χ2n) is 5.56. The van der Waals surface area contributed by atoms with E-state index in [0.29, 0.717) is 21.5 Å².